The van der Waals surface area contributed by atoms with Gasteiger partial charge in [-0.15, -0.1) is 0 Å². The second-order valence-corrected chi connectivity index (χ2v) is 6.65. The molecule has 0 aromatic heterocycles. The number of piperidine rings is 1. The Morgan fingerprint density at radius 2 is 1.70 bits per heavy atom. The largest absolute Gasteiger partial charge is 0.369 e. The number of anilines is 1. The molecule has 0 saturated carbocycles. The van der Waals surface area contributed by atoms with E-state index < -0.39 is 0 Å². The van der Waals surface area contributed by atoms with Crippen LogP contribution in [0, 0.1) is 26.7 Å². The number of carbonyl (C=O) groups is 2. The Morgan fingerprint density at radius 1 is 1.17 bits per heavy atom. The van der Waals surface area contributed by atoms with Crippen LogP contribution >= 0.6 is 0 Å². The van der Waals surface area contributed by atoms with Crippen molar-refractivity contribution in [3.05, 3.63) is 28.8 Å². The number of primary amides is 1. The Kier molecular flexibility index (Phi) is 5.42. The van der Waals surface area contributed by atoms with Crippen molar-refractivity contribution in [1.82, 2.24) is 4.90 Å². The fourth-order valence-corrected chi connectivity index (χ4v) is 3.34. The van der Waals surface area contributed by atoms with Gasteiger partial charge in [-0.05, 0) is 64.8 Å². The molecule has 0 unspecified atom stereocenters. The van der Waals surface area contributed by atoms with Crippen molar-refractivity contribution in [3.8, 4) is 0 Å². The van der Waals surface area contributed by atoms with E-state index in [0.29, 0.717) is 0 Å². The predicted octanol–water partition coefficient (Wildman–Crippen LogP) is 2.14. The molecule has 1 fully saturated rings. The highest BCUT2D eigenvalue weighted by molar-refractivity contribution is 5.96. The van der Waals surface area contributed by atoms with Gasteiger partial charge in [-0.3, -0.25) is 14.5 Å². The number of amides is 2. The first-order valence-corrected chi connectivity index (χ1v) is 8.21. The first kappa shape index (κ1) is 17.5. The highest BCUT2D eigenvalue weighted by atomic mass is 16.2. The lowest BCUT2D eigenvalue weighted by molar-refractivity contribution is -0.124. The van der Waals surface area contributed by atoms with Crippen molar-refractivity contribution in [2.24, 2.45) is 11.7 Å². The van der Waals surface area contributed by atoms with Crippen molar-refractivity contribution in [1.29, 1.82) is 0 Å². The van der Waals surface area contributed by atoms with E-state index in [1.54, 1.807) is 0 Å². The molecule has 0 spiro atoms. The predicted molar refractivity (Wildman–Crippen MR) is 92.2 cm³/mol. The van der Waals surface area contributed by atoms with E-state index in [4.69, 9.17) is 5.73 Å². The molecule has 3 N–H and O–H groups in total. The van der Waals surface area contributed by atoms with Gasteiger partial charge < -0.3 is 11.1 Å². The minimum Gasteiger partial charge on any atom is -0.369 e. The highest BCUT2D eigenvalue weighted by Gasteiger charge is 2.29. The maximum absolute atomic E-state index is 12.6. The summed E-state index contributed by atoms with van der Waals surface area (Å²) < 4.78 is 0. The van der Waals surface area contributed by atoms with Gasteiger partial charge in [-0.25, -0.2) is 0 Å². The van der Waals surface area contributed by atoms with Crippen LogP contribution in [0.4, 0.5) is 5.69 Å². The van der Waals surface area contributed by atoms with Gasteiger partial charge in [0.15, 0.2) is 0 Å². The van der Waals surface area contributed by atoms with Gasteiger partial charge in [-0.2, -0.15) is 0 Å². The normalized spacial score (nSPS) is 17.7. The van der Waals surface area contributed by atoms with Gasteiger partial charge in [0.2, 0.25) is 11.8 Å². The monoisotopic (exact) mass is 317 g/mol. The molecule has 0 bridgehead atoms. The topological polar surface area (TPSA) is 75.4 Å². The molecular formula is C18H27N3O2. The Balaban J connectivity index is 2.00. The van der Waals surface area contributed by atoms with Crippen LogP contribution in [-0.4, -0.2) is 35.8 Å². The van der Waals surface area contributed by atoms with Crippen molar-refractivity contribution < 1.29 is 9.59 Å². The SMILES string of the molecule is Cc1cc(C)c(NC(=O)[C@H](C)N2CCC(C(N)=O)CC2)c(C)c1. The van der Waals surface area contributed by atoms with Crippen LogP contribution in [0.1, 0.15) is 36.5 Å². The number of rotatable bonds is 4. The summed E-state index contributed by atoms with van der Waals surface area (Å²) >= 11 is 0. The first-order valence-electron chi connectivity index (χ1n) is 8.21. The standard InChI is InChI=1S/C18H27N3O2/c1-11-9-12(2)16(13(3)10-11)20-18(23)14(4)21-7-5-15(6-8-21)17(19)22/h9-10,14-15H,5-8H2,1-4H3,(H2,19,22)(H,20,23)/t14-/m0/s1. The fourth-order valence-electron chi connectivity index (χ4n) is 3.34. The van der Waals surface area contributed by atoms with E-state index in [2.05, 4.69) is 29.3 Å². The number of nitrogens with one attached hydrogen (secondary N) is 1. The third kappa shape index (κ3) is 4.10. The van der Waals surface area contributed by atoms with E-state index in [1.807, 2.05) is 20.8 Å². The number of nitrogens with zero attached hydrogens (tertiary/aromatic N) is 1. The number of hydrogen-bond donors (Lipinski definition) is 2. The Labute approximate surface area is 138 Å². The molecule has 1 aromatic rings. The van der Waals surface area contributed by atoms with E-state index in [9.17, 15) is 9.59 Å². The number of carbonyl (C=O) groups excluding carboxylic acids is 2. The molecule has 126 valence electrons. The molecule has 0 aliphatic carbocycles. The van der Waals surface area contributed by atoms with Gasteiger partial charge in [0.25, 0.3) is 0 Å². The van der Waals surface area contributed by atoms with E-state index in [0.717, 1.165) is 42.7 Å². The Hall–Kier alpha value is -1.88. The lowest BCUT2D eigenvalue weighted by Crippen LogP contribution is -2.47. The van der Waals surface area contributed by atoms with Crippen LogP contribution in [0.15, 0.2) is 12.1 Å². The molecular weight excluding hydrogens is 290 g/mol. The fraction of sp³-hybridized carbons (Fsp3) is 0.556. The lowest BCUT2D eigenvalue weighted by atomic mass is 9.95. The van der Waals surface area contributed by atoms with E-state index >= 15 is 0 Å². The van der Waals surface area contributed by atoms with Crippen LogP contribution < -0.4 is 11.1 Å². The summed E-state index contributed by atoms with van der Waals surface area (Å²) in [4.78, 5) is 25.9. The maximum Gasteiger partial charge on any atom is 0.241 e. The third-order valence-corrected chi connectivity index (χ3v) is 4.78. The summed E-state index contributed by atoms with van der Waals surface area (Å²) in [6.45, 7) is 9.45. The zero-order chi connectivity index (χ0) is 17.1. The number of likely N-dealkylation sites (tertiary alicyclic amines) is 1. The quantitative estimate of drug-likeness (QED) is 0.893. The summed E-state index contributed by atoms with van der Waals surface area (Å²) in [5, 5.41) is 3.06. The van der Waals surface area contributed by atoms with Crippen LogP contribution in [0.3, 0.4) is 0 Å². The molecule has 2 amide bonds. The molecule has 1 aliphatic heterocycles. The molecule has 1 atom stereocenters. The van der Waals surface area contributed by atoms with Gasteiger partial charge in [0.05, 0.1) is 6.04 Å². The van der Waals surface area contributed by atoms with Gasteiger partial charge in [0, 0.05) is 11.6 Å². The first-order chi connectivity index (χ1) is 10.8. The van der Waals surface area contributed by atoms with Crippen molar-refractivity contribution in [3.63, 3.8) is 0 Å². The third-order valence-electron chi connectivity index (χ3n) is 4.78. The van der Waals surface area contributed by atoms with Crippen LogP contribution in [0.5, 0.6) is 0 Å². The summed E-state index contributed by atoms with van der Waals surface area (Å²) in [5.74, 6) is -0.284. The smallest absolute Gasteiger partial charge is 0.241 e. The zero-order valence-corrected chi connectivity index (χ0v) is 14.5. The lowest BCUT2D eigenvalue weighted by Gasteiger charge is -2.34. The Morgan fingerprint density at radius 3 is 2.17 bits per heavy atom. The average Bonchev–Trinajstić information content (AvgIpc) is 2.50. The van der Waals surface area contributed by atoms with E-state index in [-0.39, 0.29) is 23.8 Å². The number of aryl methyl sites for hydroxylation is 3. The molecule has 23 heavy (non-hydrogen) atoms. The molecule has 5 heteroatoms. The maximum atomic E-state index is 12.6. The summed E-state index contributed by atoms with van der Waals surface area (Å²) in [6, 6.07) is 3.93. The van der Waals surface area contributed by atoms with Crippen LogP contribution in [-0.2, 0) is 9.59 Å². The molecule has 1 heterocycles. The molecule has 1 aliphatic rings. The van der Waals surface area contributed by atoms with Gasteiger partial charge in [-0.1, -0.05) is 17.7 Å². The van der Waals surface area contributed by atoms with Gasteiger partial charge in [0.1, 0.15) is 0 Å². The molecule has 0 radical (unpaired) electrons. The highest BCUT2D eigenvalue weighted by Crippen LogP contribution is 2.23. The van der Waals surface area contributed by atoms with E-state index in [1.165, 1.54) is 5.56 Å². The van der Waals surface area contributed by atoms with Crippen molar-refractivity contribution in [2.75, 3.05) is 18.4 Å². The summed E-state index contributed by atoms with van der Waals surface area (Å²) in [5.41, 5.74) is 9.61. The van der Waals surface area contributed by atoms with Crippen LogP contribution in [0.25, 0.3) is 0 Å². The van der Waals surface area contributed by atoms with Gasteiger partial charge >= 0.3 is 0 Å². The minimum atomic E-state index is -0.229. The summed E-state index contributed by atoms with van der Waals surface area (Å²) in [7, 11) is 0. The molecule has 1 aromatic carbocycles. The number of hydrogen-bond acceptors (Lipinski definition) is 3. The summed E-state index contributed by atoms with van der Waals surface area (Å²) in [6.07, 6.45) is 1.46. The number of nitrogens with two attached hydrogens (primary N) is 1. The van der Waals surface area contributed by atoms with Crippen LogP contribution in [0.2, 0.25) is 0 Å². The molecule has 2 rings (SSSR count). The molecule has 5 nitrogen and oxygen atoms in total. The second-order valence-electron chi connectivity index (χ2n) is 6.65. The molecule has 1 saturated heterocycles. The van der Waals surface area contributed by atoms with Crippen molar-refractivity contribution in [2.45, 2.75) is 46.6 Å². The Bertz CT molecular complexity index is 581. The minimum absolute atomic E-state index is 0.00224. The average molecular weight is 317 g/mol. The second kappa shape index (κ2) is 7.13. The van der Waals surface area contributed by atoms with Crippen molar-refractivity contribution >= 4 is 17.5 Å². The number of benzene rings is 1. The zero-order valence-electron chi connectivity index (χ0n) is 14.5.